The van der Waals surface area contributed by atoms with Gasteiger partial charge in [-0.25, -0.2) is 0 Å². The fraction of sp³-hybridized carbons (Fsp3) is 0.652. The van der Waals surface area contributed by atoms with Crippen LogP contribution < -0.4 is 4.74 Å². The third-order valence-corrected chi connectivity index (χ3v) is 12.3. The maximum atomic E-state index is 6.63. The lowest BCUT2D eigenvalue weighted by Crippen LogP contribution is -2.43. The van der Waals surface area contributed by atoms with E-state index in [1.54, 1.807) is 5.57 Å². The van der Waals surface area contributed by atoms with Gasteiger partial charge in [0.2, 0.25) is 0 Å². The number of rotatable bonds is 5. The summed E-state index contributed by atoms with van der Waals surface area (Å²) in [6.45, 7) is 13.9. The van der Waals surface area contributed by atoms with Crippen molar-refractivity contribution >= 4 is 24.2 Å². The van der Waals surface area contributed by atoms with Crippen molar-refractivity contribution < 1.29 is 9.16 Å². The number of fused-ring (bicyclic) bond motifs is 3. The van der Waals surface area contributed by atoms with Crippen molar-refractivity contribution in [3.05, 3.63) is 40.0 Å². The highest BCUT2D eigenvalue weighted by Gasteiger charge is 2.43. The second-order valence-electron chi connectivity index (χ2n) is 9.40. The predicted octanol–water partition coefficient (Wildman–Crippen LogP) is 6.66. The molecule has 4 heteroatoms. The van der Waals surface area contributed by atoms with Crippen LogP contribution in [0.2, 0.25) is 13.1 Å². The van der Waals surface area contributed by atoms with Gasteiger partial charge in [0.25, 0.3) is 0 Å². The van der Waals surface area contributed by atoms with Gasteiger partial charge in [0, 0.05) is 10.4 Å². The van der Waals surface area contributed by atoms with Gasteiger partial charge >= 0.3 is 0 Å². The molecule has 0 radical (unpaired) electrons. The van der Waals surface area contributed by atoms with Crippen LogP contribution in [0.1, 0.15) is 69.6 Å². The molecule has 0 fully saturated rings. The van der Waals surface area contributed by atoms with Gasteiger partial charge in [0.15, 0.2) is 8.32 Å². The second kappa shape index (κ2) is 7.68. The highest BCUT2D eigenvalue weighted by Crippen LogP contribution is 2.52. The van der Waals surface area contributed by atoms with Crippen molar-refractivity contribution in [2.45, 2.75) is 83.9 Å². The van der Waals surface area contributed by atoms with Gasteiger partial charge in [-0.2, -0.15) is 0 Å². The van der Waals surface area contributed by atoms with E-state index in [4.69, 9.17) is 9.16 Å². The van der Waals surface area contributed by atoms with Crippen LogP contribution in [0.4, 0.5) is 0 Å². The summed E-state index contributed by atoms with van der Waals surface area (Å²) in [5.74, 6) is 1.61. The molecule has 2 nitrogen and oxygen atoms in total. The van der Waals surface area contributed by atoms with Crippen LogP contribution in [0, 0.1) is 0 Å². The quantitative estimate of drug-likeness (QED) is 0.283. The Morgan fingerprint density at radius 3 is 2.56 bits per heavy atom. The monoisotopic (exact) mass is 450 g/mol. The molecule has 0 bridgehead atoms. The summed E-state index contributed by atoms with van der Waals surface area (Å²) in [5.41, 5.74) is 7.50. The van der Waals surface area contributed by atoms with Crippen LogP contribution in [0.5, 0.6) is 5.75 Å². The van der Waals surface area contributed by atoms with E-state index in [-0.39, 0.29) is 5.41 Å². The topological polar surface area (TPSA) is 18.5 Å². The average Bonchev–Trinajstić information content (AvgIpc) is 2.63. The van der Waals surface area contributed by atoms with E-state index in [0.29, 0.717) is 12.0 Å². The van der Waals surface area contributed by atoms with Crippen molar-refractivity contribution in [2.75, 3.05) is 12.1 Å². The van der Waals surface area contributed by atoms with Gasteiger partial charge in [-0.1, -0.05) is 54.4 Å². The molecule has 0 N–H and O–H groups in total. The van der Waals surface area contributed by atoms with Crippen LogP contribution in [-0.4, -0.2) is 26.5 Å². The predicted molar refractivity (Wildman–Crippen MR) is 121 cm³/mol. The van der Waals surface area contributed by atoms with E-state index in [0.717, 1.165) is 36.4 Å². The zero-order valence-corrected chi connectivity index (χ0v) is 20.6. The first kappa shape index (κ1) is 21.1. The van der Waals surface area contributed by atoms with Gasteiger partial charge in [-0.3, -0.25) is 0 Å². The van der Waals surface area contributed by atoms with Gasteiger partial charge in [0.05, 0.1) is 13.2 Å². The minimum atomic E-state index is -1.63. The van der Waals surface area contributed by atoms with Crippen molar-refractivity contribution in [2.24, 2.45) is 0 Å². The van der Waals surface area contributed by atoms with E-state index in [1.165, 1.54) is 22.3 Å². The van der Waals surface area contributed by atoms with E-state index in [9.17, 15) is 0 Å². The molecule has 0 heterocycles. The van der Waals surface area contributed by atoms with Gasteiger partial charge in [-0.05, 0) is 73.9 Å². The lowest BCUT2D eigenvalue weighted by Gasteiger charge is -2.46. The van der Waals surface area contributed by atoms with Crippen molar-refractivity contribution in [3.63, 3.8) is 0 Å². The third-order valence-electron chi connectivity index (χ3n) is 6.65. The number of ether oxygens (including phenoxy) is 1. The lowest BCUT2D eigenvalue weighted by atomic mass is 9.60. The van der Waals surface area contributed by atoms with Gasteiger partial charge in [-0.15, -0.1) is 0 Å². The summed E-state index contributed by atoms with van der Waals surface area (Å²) in [5, 5.41) is 0. The third kappa shape index (κ3) is 3.69. The molecular weight excluding hydrogens is 416 g/mol. The molecule has 2 aliphatic carbocycles. The molecule has 0 saturated carbocycles. The smallest absolute Gasteiger partial charge is 0.197 e. The molecule has 2 atom stereocenters. The number of halogens is 1. The number of methoxy groups -OCH3 is 1. The molecule has 0 unspecified atom stereocenters. The van der Waals surface area contributed by atoms with Crippen molar-refractivity contribution in [3.8, 4) is 5.75 Å². The Balaban J connectivity index is 2.05. The fourth-order valence-corrected chi connectivity index (χ4v) is 6.63. The summed E-state index contributed by atoms with van der Waals surface area (Å²) >= 11 is 3.66. The normalized spacial score (nSPS) is 25.4. The summed E-state index contributed by atoms with van der Waals surface area (Å²) < 4.78 is 12.5. The molecule has 0 aromatic heterocycles. The minimum absolute atomic E-state index is 0.125. The first-order valence-electron chi connectivity index (χ1n) is 10.3. The Bertz CT molecular complexity index is 753. The first-order valence-corrected chi connectivity index (χ1v) is 14.5. The molecule has 0 spiro atoms. The number of hydrogen-bond acceptors (Lipinski definition) is 2. The zero-order valence-electron chi connectivity index (χ0n) is 18.0. The molecule has 1 aromatic rings. The molecule has 27 heavy (non-hydrogen) atoms. The second-order valence-corrected chi connectivity index (χ2v) is 15.1. The number of hydrogen-bond donors (Lipinski definition) is 0. The lowest BCUT2D eigenvalue weighted by molar-refractivity contribution is 0.186. The standard InChI is InChI=1S/C23H35BrO2Si/c1-15(2)17-8-11-20-18(22(17)25-5)9-10-19-16(3)21(12-13-23(19,20)4)26-27(6,7)14-24/h8,11,15,21H,9-10,12-14H2,1-7H3/t21-,23-/m0/s1. The van der Waals surface area contributed by atoms with E-state index >= 15 is 0 Å². The van der Waals surface area contributed by atoms with Crippen LogP contribution in [0.25, 0.3) is 0 Å². The summed E-state index contributed by atoms with van der Waals surface area (Å²) in [6.07, 6.45) is 4.78. The maximum absolute atomic E-state index is 6.63. The molecule has 2 aliphatic rings. The molecule has 150 valence electrons. The minimum Gasteiger partial charge on any atom is -0.496 e. The highest BCUT2D eigenvalue weighted by atomic mass is 79.9. The molecule has 0 aliphatic heterocycles. The molecule has 0 amide bonds. The fourth-order valence-electron chi connectivity index (χ4n) is 5.11. The summed E-state index contributed by atoms with van der Waals surface area (Å²) in [6, 6.07) is 4.69. The Kier molecular flexibility index (Phi) is 6.01. The van der Waals surface area contributed by atoms with Crippen LogP contribution in [0.15, 0.2) is 23.3 Å². The first-order chi connectivity index (χ1) is 12.6. The van der Waals surface area contributed by atoms with Gasteiger partial charge in [0.1, 0.15) is 5.75 Å². The average molecular weight is 452 g/mol. The SMILES string of the molecule is COc1c(C(C)C)ccc2c1CCC1=C(C)[C@@H](O[Si](C)(C)CBr)CC[C@@]12C. The number of allylic oxidation sites excluding steroid dienone is 1. The Morgan fingerprint density at radius 1 is 1.26 bits per heavy atom. The summed E-state index contributed by atoms with van der Waals surface area (Å²) in [4.78, 5) is 0.994. The van der Waals surface area contributed by atoms with Crippen LogP contribution >= 0.6 is 15.9 Å². The summed E-state index contributed by atoms with van der Waals surface area (Å²) in [7, 11) is 0.200. The van der Waals surface area contributed by atoms with Crippen molar-refractivity contribution in [1.82, 2.24) is 0 Å². The van der Waals surface area contributed by atoms with E-state index in [2.05, 4.69) is 68.9 Å². The van der Waals surface area contributed by atoms with Gasteiger partial charge < -0.3 is 9.16 Å². The highest BCUT2D eigenvalue weighted by molar-refractivity contribution is 9.09. The maximum Gasteiger partial charge on any atom is 0.197 e. The Morgan fingerprint density at radius 2 is 1.96 bits per heavy atom. The molecule has 0 saturated heterocycles. The Labute approximate surface area is 175 Å². The largest absolute Gasteiger partial charge is 0.496 e. The van der Waals surface area contributed by atoms with E-state index < -0.39 is 8.32 Å². The van der Waals surface area contributed by atoms with Crippen LogP contribution in [-0.2, 0) is 16.3 Å². The molecule has 3 rings (SSSR count). The Hall–Kier alpha value is -0.583. The zero-order chi connectivity index (χ0) is 20.0. The van der Waals surface area contributed by atoms with Crippen molar-refractivity contribution in [1.29, 1.82) is 0 Å². The molecule has 1 aromatic carbocycles. The number of alkyl halides is 1. The number of benzene rings is 1. The van der Waals surface area contributed by atoms with Crippen LogP contribution in [0.3, 0.4) is 0 Å². The van der Waals surface area contributed by atoms with E-state index in [1.807, 2.05) is 7.11 Å². The molecular formula is C23H35BrO2Si.